The van der Waals surface area contributed by atoms with Crippen molar-refractivity contribution < 1.29 is 19.1 Å². The van der Waals surface area contributed by atoms with Crippen LogP contribution in [-0.2, 0) is 17.9 Å². The molecule has 0 saturated carbocycles. The quantitative estimate of drug-likeness (QED) is 0.720. The molecule has 1 saturated heterocycles. The summed E-state index contributed by atoms with van der Waals surface area (Å²) in [5, 5.41) is 0. The molecule has 2 aromatic rings. The van der Waals surface area contributed by atoms with Gasteiger partial charge in [0.05, 0.1) is 14.2 Å². The van der Waals surface area contributed by atoms with Gasteiger partial charge in [-0.25, -0.2) is 0 Å². The normalized spacial score (nSPS) is 13.5. The number of carbonyl (C=O) groups excluding carboxylic acids is 2. The molecule has 0 aromatic heterocycles. The zero-order valence-electron chi connectivity index (χ0n) is 17.5. The summed E-state index contributed by atoms with van der Waals surface area (Å²) in [5.74, 6) is 1.44. The molecule has 6 nitrogen and oxygen atoms in total. The summed E-state index contributed by atoms with van der Waals surface area (Å²) in [6.45, 7) is 3.79. The van der Waals surface area contributed by atoms with Crippen LogP contribution in [-0.4, -0.2) is 49.4 Å². The zero-order chi connectivity index (χ0) is 21.0. The molecule has 29 heavy (non-hydrogen) atoms. The van der Waals surface area contributed by atoms with Crippen LogP contribution in [0.5, 0.6) is 11.5 Å². The Kier molecular flexibility index (Phi) is 6.42. The number of methoxy groups -OCH3 is 2. The van der Waals surface area contributed by atoms with E-state index in [0.717, 1.165) is 29.7 Å². The molecule has 6 heteroatoms. The van der Waals surface area contributed by atoms with Crippen LogP contribution in [0, 0.1) is 6.92 Å². The summed E-state index contributed by atoms with van der Waals surface area (Å²) in [4.78, 5) is 28.4. The van der Waals surface area contributed by atoms with E-state index in [9.17, 15) is 9.59 Å². The van der Waals surface area contributed by atoms with Gasteiger partial charge in [-0.2, -0.15) is 0 Å². The number of amides is 2. The molecule has 1 aliphatic rings. The first-order valence-electron chi connectivity index (χ1n) is 9.76. The number of aryl methyl sites for hydroxylation is 1. The van der Waals surface area contributed by atoms with Crippen molar-refractivity contribution in [2.75, 3.05) is 27.8 Å². The fraction of sp³-hybridized carbons (Fsp3) is 0.391. The van der Waals surface area contributed by atoms with Crippen LogP contribution in [0.3, 0.4) is 0 Å². The standard InChI is InChI=1S/C23H28N2O4/c1-16-11-20(28-3)21(29-4)13-19(16)15-24(2)23(27)18-8-5-7-17(12-18)14-25-10-6-9-22(25)26/h5,7-8,11-13H,6,9-10,14-15H2,1-4H3. The van der Waals surface area contributed by atoms with Crippen LogP contribution in [0.2, 0.25) is 0 Å². The summed E-state index contributed by atoms with van der Waals surface area (Å²) >= 11 is 0. The van der Waals surface area contributed by atoms with E-state index in [1.54, 1.807) is 26.2 Å². The van der Waals surface area contributed by atoms with Crippen LogP contribution in [0.4, 0.5) is 0 Å². The minimum Gasteiger partial charge on any atom is -0.493 e. The van der Waals surface area contributed by atoms with Crippen LogP contribution in [0.25, 0.3) is 0 Å². The Morgan fingerprint density at radius 2 is 1.86 bits per heavy atom. The Bertz CT molecular complexity index is 910. The van der Waals surface area contributed by atoms with Gasteiger partial charge >= 0.3 is 0 Å². The number of hydrogen-bond donors (Lipinski definition) is 0. The third-order valence-electron chi connectivity index (χ3n) is 5.32. The number of likely N-dealkylation sites (tertiary alicyclic amines) is 1. The largest absolute Gasteiger partial charge is 0.493 e. The van der Waals surface area contributed by atoms with E-state index in [0.29, 0.717) is 36.6 Å². The molecule has 3 rings (SSSR count). The van der Waals surface area contributed by atoms with E-state index in [1.165, 1.54) is 0 Å². The van der Waals surface area contributed by atoms with Crippen molar-refractivity contribution in [1.82, 2.24) is 9.80 Å². The van der Waals surface area contributed by atoms with Gasteiger partial charge in [0.1, 0.15) is 0 Å². The van der Waals surface area contributed by atoms with E-state index in [4.69, 9.17) is 9.47 Å². The molecular weight excluding hydrogens is 368 g/mol. The summed E-state index contributed by atoms with van der Waals surface area (Å²) in [5.41, 5.74) is 3.62. The molecule has 1 aliphatic heterocycles. The van der Waals surface area contributed by atoms with E-state index < -0.39 is 0 Å². The van der Waals surface area contributed by atoms with Crippen LogP contribution in [0.1, 0.15) is 39.9 Å². The van der Waals surface area contributed by atoms with E-state index >= 15 is 0 Å². The molecule has 0 radical (unpaired) electrons. The first-order chi connectivity index (χ1) is 13.9. The second-order valence-corrected chi connectivity index (χ2v) is 7.41. The molecule has 0 N–H and O–H groups in total. The lowest BCUT2D eigenvalue weighted by atomic mass is 10.1. The van der Waals surface area contributed by atoms with E-state index in [1.807, 2.05) is 48.2 Å². The molecule has 0 atom stereocenters. The molecule has 1 heterocycles. The van der Waals surface area contributed by atoms with Crippen LogP contribution >= 0.6 is 0 Å². The molecule has 154 valence electrons. The Morgan fingerprint density at radius 3 is 2.52 bits per heavy atom. The molecule has 1 fully saturated rings. The van der Waals surface area contributed by atoms with Gasteiger partial charge in [-0.15, -0.1) is 0 Å². The monoisotopic (exact) mass is 396 g/mol. The van der Waals surface area contributed by atoms with Gasteiger partial charge in [0.2, 0.25) is 5.91 Å². The molecule has 0 aliphatic carbocycles. The number of ether oxygens (including phenoxy) is 2. The maximum Gasteiger partial charge on any atom is 0.253 e. The van der Waals surface area contributed by atoms with E-state index in [2.05, 4.69) is 0 Å². The molecule has 2 amide bonds. The van der Waals surface area contributed by atoms with Crippen molar-refractivity contribution in [3.8, 4) is 11.5 Å². The zero-order valence-corrected chi connectivity index (χ0v) is 17.5. The Labute approximate surface area is 172 Å². The topological polar surface area (TPSA) is 59.1 Å². The first kappa shape index (κ1) is 20.7. The second-order valence-electron chi connectivity index (χ2n) is 7.41. The highest BCUT2D eigenvalue weighted by Gasteiger charge is 2.21. The second kappa shape index (κ2) is 8.99. The highest BCUT2D eigenvalue weighted by atomic mass is 16.5. The van der Waals surface area contributed by atoms with Gasteiger partial charge in [0, 0.05) is 38.7 Å². The van der Waals surface area contributed by atoms with Crippen molar-refractivity contribution in [3.05, 3.63) is 58.7 Å². The van der Waals surface area contributed by atoms with Crippen molar-refractivity contribution in [2.24, 2.45) is 0 Å². The summed E-state index contributed by atoms with van der Waals surface area (Å²) in [7, 11) is 4.99. The lowest BCUT2D eigenvalue weighted by molar-refractivity contribution is -0.128. The molecule has 2 aromatic carbocycles. The maximum absolute atomic E-state index is 13.0. The smallest absolute Gasteiger partial charge is 0.253 e. The molecule has 0 unspecified atom stereocenters. The van der Waals surface area contributed by atoms with Gasteiger partial charge in [-0.05, 0) is 54.3 Å². The third kappa shape index (κ3) is 4.70. The predicted molar refractivity (Wildman–Crippen MR) is 111 cm³/mol. The minimum absolute atomic E-state index is 0.0613. The average molecular weight is 396 g/mol. The number of hydrogen-bond acceptors (Lipinski definition) is 4. The first-order valence-corrected chi connectivity index (χ1v) is 9.76. The van der Waals surface area contributed by atoms with Crippen molar-refractivity contribution in [1.29, 1.82) is 0 Å². The highest BCUT2D eigenvalue weighted by Crippen LogP contribution is 2.31. The minimum atomic E-state index is -0.0613. The number of nitrogens with zero attached hydrogens (tertiary/aromatic N) is 2. The number of benzene rings is 2. The van der Waals surface area contributed by atoms with Gasteiger partial charge < -0.3 is 19.3 Å². The van der Waals surface area contributed by atoms with Gasteiger partial charge in [0.25, 0.3) is 5.91 Å². The average Bonchev–Trinajstić information content (AvgIpc) is 3.13. The number of carbonyl (C=O) groups is 2. The lowest BCUT2D eigenvalue weighted by Crippen LogP contribution is -2.27. The Morgan fingerprint density at radius 1 is 1.14 bits per heavy atom. The van der Waals surface area contributed by atoms with Crippen molar-refractivity contribution in [2.45, 2.75) is 32.9 Å². The predicted octanol–water partition coefficient (Wildman–Crippen LogP) is 3.41. The van der Waals surface area contributed by atoms with Crippen molar-refractivity contribution >= 4 is 11.8 Å². The fourth-order valence-electron chi connectivity index (χ4n) is 3.64. The molecule has 0 spiro atoms. The van der Waals surface area contributed by atoms with Crippen LogP contribution < -0.4 is 9.47 Å². The van der Waals surface area contributed by atoms with Gasteiger partial charge in [0.15, 0.2) is 11.5 Å². The number of rotatable bonds is 7. The van der Waals surface area contributed by atoms with Gasteiger partial charge in [-0.1, -0.05) is 12.1 Å². The summed E-state index contributed by atoms with van der Waals surface area (Å²) in [6, 6.07) is 11.4. The van der Waals surface area contributed by atoms with Crippen LogP contribution in [0.15, 0.2) is 36.4 Å². The fourth-order valence-corrected chi connectivity index (χ4v) is 3.64. The molecule has 0 bridgehead atoms. The summed E-state index contributed by atoms with van der Waals surface area (Å²) in [6.07, 6.45) is 1.52. The van der Waals surface area contributed by atoms with E-state index in [-0.39, 0.29) is 11.8 Å². The lowest BCUT2D eigenvalue weighted by Gasteiger charge is -2.21. The highest BCUT2D eigenvalue weighted by molar-refractivity contribution is 5.94. The Balaban J connectivity index is 1.73. The molecular formula is C23H28N2O4. The SMILES string of the molecule is COc1cc(C)c(CN(C)C(=O)c2cccc(CN3CCCC3=O)c2)cc1OC. The maximum atomic E-state index is 13.0. The summed E-state index contributed by atoms with van der Waals surface area (Å²) < 4.78 is 10.7. The third-order valence-corrected chi connectivity index (χ3v) is 5.32. The van der Waals surface area contributed by atoms with Gasteiger partial charge in [-0.3, -0.25) is 9.59 Å². The van der Waals surface area contributed by atoms with Crippen molar-refractivity contribution in [3.63, 3.8) is 0 Å². The Hall–Kier alpha value is -3.02.